The van der Waals surface area contributed by atoms with E-state index in [9.17, 15) is 14.0 Å². The lowest BCUT2D eigenvalue weighted by atomic mass is 9.98. The fourth-order valence-electron chi connectivity index (χ4n) is 2.86. The molecule has 0 bridgehead atoms. The maximum atomic E-state index is 14.3. The summed E-state index contributed by atoms with van der Waals surface area (Å²) in [5.41, 5.74) is 1.22. The van der Waals surface area contributed by atoms with E-state index in [1.165, 1.54) is 12.1 Å². The summed E-state index contributed by atoms with van der Waals surface area (Å²) in [6.45, 7) is 2.14. The van der Waals surface area contributed by atoms with Crippen molar-refractivity contribution in [2.75, 3.05) is 6.61 Å². The van der Waals surface area contributed by atoms with Gasteiger partial charge < -0.3 is 15.0 Å². The van der Waals surface area contributed by atoms with Gasteiger partial charge in [0.05, 0.1) is 6.61 Å². The summed E-state index contributed by atoms with van der Waals surface area (Å²) in [6, 6.07) is 7.56. The minimum absolute atomic E-state index is 0.0342. The number of hydrogen-bond donors (Lipinski definition) is 2. The van der Waals surface area contributed by atoms with Crippen LogP contribution in [0.1, 0.15) is 31.0 Å². The molecule has 1 atom stereocenters. The van der Waals surface area contributed by atoms with Gasteiger partial charge in [-0.15, -0.1) is 0 Å². The number of pyridine rings is 1. The van der Waals surface area contributed by atoms with E-state index in [2.05, 4.69) is 10.3 Å². The van der Waals surface area contributed by atoms with Crippen molar-refractivity contribution in [3.63, 3.8) is 0 Å². The summed E-state index contributed by atoms with van der Waals surface area (Å²) in [5, 5.41) is 2.91. The number of hydrogen-bond acceptors (Lipinski definition) is 3. The first kappa shape index (κ1) is 18.2. The van der Waals surface area contributed by atoms with Gasteiger partial charge in [0.25, 0.3) is 5.56 Å². The molecule has 2 aromatic rings. The lowest BCUT2D eigenvalue weighted by Gasteiger charge is -2.13. The first-order valence-electron chi connectivity index (χ1n) is 8.31. The van der Waals surface area contributed by atoms with E-state index in [0.717, 1.165) is 0 Å². The molecule has 1 saturated heterocycles. The summed E-state index contributed by atoms with van der Waals surface area (Å²) in [5.74, 6) is -0.371. The predicted molar refractivity (Wildman–Crippen MR) is 97.9 cm³/mol. The summed E-state index contributed by atoms with van der Waals surface area (Å²) in [6.07, 6.45) is 2.89. The second kappa shape index (κ2) is 7.74. The van der Waals surface area contributed by atoms with Crippen molar-refractivity contribution in [2.45, 2.75) is 25.8 Å². The van der Waals surface area contributed by atoms with Gasteiger partial charge in [-0.05, 0) is 43.2 Å². The van der Waals surface area contributed by atoms with Crippen LogP contribution in [0.4, 0.5) is 4.39 Å². The average Bonchev–Trinajstić information content (AvgIpc) is 3.02. The molecule has 5 nitrogen and oxygen atoms in total. The summed E-state index contributed by atoms with van der Waals surface area (Å²) in [4.78, 5) is 26.1. The molecule has 0 radical (unpaired) electrons. The number of ether oxygens (including phenoxy) is 1. The van der Waals surface area contributed by atoms with Gasteiger partial charge in [0.15, 0.2) is 11.6 Å². The molecular weight excluding hydrogens is 359 g/mol. The van der Waals surface area contributed by atoms with Crippen molar-refractivity contribution in [3.8, 4) is 5.75 Å². The van der Waals surface area contributed by atoms with E-state index in [1.807, 2.05) is 6.08 Å². The largest absolute Gasteiger partial charge is 0.491 e. The molecule has 136 valence electrons. The Morgan fingerprint density at radius 2 is 2.15 bits per heavy atom. The van der Waals surface area contributed by atoms with Crippen molar-refractivity contribution in [1.82, 2.24) is 10.3 Å². The first-order chi connectivity index (χ1) is 12.5. The SMILES string of the molecule is CCOc1ccc(/C(=C/[C@H]2CCC(=O)N2)c2ccc(Cl)c(=O)[nH]2)cc1F. The minimum Gasteiger partial charge on any atom is -0.491 e. The van der Waals surface area contributed by atoms with Gasteiger partial charge >= 0.3 is 0 Å². The highest BCUT2D eigenvalue weighted by atomic mass is 35.5. The summed E-state index contributed by atoms with van der Waals surface area (Å²) in [7, 11) is 0. The second-order valence-electron chi connectivity index (χ2n) is 5.92. The van der Waals surface area contributed by atoms with Crippen LogP contribution in [0, 0.1) is 5.82 Å². The maximum absolute atomic E-state index is 14.3. The zero-order valence-corrected chi connectivity index (χ0v) is 14.9. The molecule has 26 heavy (non-hydrogen) atoms. The number of rotatable bonds is 5. The number of H-pyrrole nitrogens is 1. The highest BCUT2D eigenvalue weighted by molar-refractivity contribution is 6.30. The molecule has 3 rings (SSSR count). The van der Waals surface area contributed by atoms with Crippen molar-refractivity contribution in [2.24, 2.45) is 0 Å². The Balaban J connectivity index is 2.06. The van der Waals surface area contributed by atoms with Crippen LogP contribution in [-0.2, 0) is 4.79 Å². The van der Waals surface area contributed by atoms with Gasteiger partial charge in [-0.25, -0.2) is 4.39 Å². The second-order valence-corrected chi connectivity index (χ2v) is 6.33. The molecule has 1 fully saturated rings. The number of carbonyl (C=O) groups excluding carboxylic acids is 1. The standard InChI is InChI=1S/C19H18ClFN2O3/c1-2-26-17-7-3-11(9-15(17)21)13(10-12-4-8-18(24)22-12)16-6-5-14(20)19(25)23-16/h3,5-7,9-10,12H,2,4,8H2,1H3,(H,22,24)(H,23,25)/b13-10-/t12-/m1/s1. The number of carbonyl (C=O) groups is 1. The average molecular weight is 377 g/mol. The number of benzene rings is 1. The van der Waals surface area contributed by atoms with Crippen molar-refractivity contribution in [3.05, 3.63) is 68.9 Å². The van der Waals surface area contributed by atoms with Gasteiger partial charge in [-0.2, -0.15) is 0 Å². The predicted octanol–water partition coefficient (Wildman–Crippen LogP) is 3.28. The fourth-order valence-corrected chi connectivity index (χ4v) is 2.97. The quantitative estimate of drug-likeness (QED) is 0.841. The number of aromatic nitrogens is 1. The van der Waals surface area contributed by atoms with Gasteiger partial charge in [-0.3, -0.25) is 9.59 Å². The third kappa shape index (κ3) is 3.96. The third-order valence-electron chi connectivity index (χ3n) is 4.09. The number of amides is 1. The van der Waals surface area contributed by atoms with Gasteiger partial charge in [0.2, 0.25) is 5.91 Å². The van der Waals surface area contributed by atoms with Crippen LogP contribution in [0.25, 0.3) is 5.57 Å². The number of halogens is 2. The third-order valence-corrected chi connectivity index (χ3v) is 4.39. The molecule has 1 aliphatic heterocycles. The van der Waals surface area contributed by atoms with Crippen molar-refractivity contribution in [1.29, 1.82) is 0 Å². The van der Waals surface area contributed by atoms with Gasteiger partial charge in [-0.1, -0.05) is 23.7 Å². The Hall–Kier alpha value is -2.60. The van der Waals surface area contributed by atoms with Crippen LogP contribution < -0.4 is 15.6 Å². The van der Waals surface area contributed by atoms with E-state index in [0.29, 0.717) is 36.3 Å². The van der Waals surface area contributed by atoms with E-state index in [4.69, 9.17) is 16.3 Å². The van der Waals surface area contributed by atoms with Crippen LogP contribution in [-0.4, -0.2) is 23.5 Å². The zero-order chi connectivity index (χ0) is 18.7. The molecule has 2 N–H and O–H groups in total. The highest BCUT2D eigenvalue weighted by Gasteiger charge is 2.21. The molecule has 0 spiro atoms. The Labute approximate surface area is 154 Å². The van der Waals surface area contributed by atoms with Crippen molar-refractivity contribution >= 4 is 23.1 Å². The molecule has 1 aliphatic rings. The van der Waals surface area contributed by atoms with E-state index in [1.54, 1.807) is 25.1 Å². The lowest BCUT2D eigenvalue weighted by Crippen LogP contribution is -2.23. The van der Waals surface area contributed by atoms with E-state index >= 15 is 0 Å². The van der Waals surface area contributed by atoms with Crippen LogP contribution in [0.15, 0.2) is 41.2 Å². The molecule has 0 unspecified atom stereocenters. The Morgan fingerprint density at radius 3 is 2.77 bits per heavy atom. The van der Waals surface area contributed by atoms with Crippen LogP contribution in [0.2, 0.25) is 5.02 Å². The van der Waals surface area contributed by atoms with E-state index in [-0.39, 0.29) is 22.7 Å². The van der Waals surface area contributed by atoms with Crippen LogP contribution >= 0.6 is 11.6 Å². The number of nitrogens with one attached hydrogen (secondary N) is 2. The molecule has 2 heterocycles. The smallest absolute Gasteiger partial charge is 0.267 e. The van der Waals surface area contributed by atoms with Crippen LogP contribution in [0.3, 0.4) is 0 Å². The normalized spacial score (nSPS) is 17.3. The lowest BCUT2D eigenvalue weighted by molar-refractivity contribution is -0.119. The Morgan fingerprint density at radius 1 is 1.35 bits per heavy atom. The Kier molecular flexibility index (Phi) is 5.42. The summed E-state index contributed by atoms with van der Waals surface area (Å²) >= 11 is 5.80. The molecule has 1 aromatic heterocycles. The monoisotopic (exact) mass is 376 g/mol. The molecule has 1 amide bonds. The molecular formula is C19H18ClFN2O3. The Bertz CT molecular complexity index is 923. The topological polar surface area (TPSA) is 71.2 Å². The van der Waals surface area contributed by atoms with E-state index < -0.39 is 11.4 Å². The molecule has 0 aliphatic carbocycles. The fraction of sp³-hybridized carbons (Fsp3) is 0.263. The van der Waals surface area contributed by atoms with Crippen LogP contribution in [0.5, 0.6) is 5.75 Å². The highest BCUT2D eigenvalue weighted by Crippen LogP contribution is 2.28. The number of aromatic amines is 1. The van der Waals surface area contributed by atoms with Crippen molar-refractivity contribution < 1.29 is 13.9 Å². The molecule has 0 saturated carbocycles. The van der Waals surface area contributed by atoms with Gasteiger partial charge in [0.1, 0.15) is 5.02 Å². The summed E-state index contributed by atoms with van der Waals surface area (Å²) < 4.78 is 19.5. The maximum Gasteiger partial charge on any atom is 0.267 e. The molecule has 1 aromatic carbocycles. The molecule has 7 heteroatoms. The zero-order valence-electron chi connectivity index (χ0n) is 14.1. The van der Waals surface area contributed by atoms with Gasteiger partial charge in [0, 0.05) is 23.7 Å². The first-order valence-corrected chi connectivity index (χ1v) is 8.69. The minimum atomic E-state index is -0.498.